The first kappa shape index (κ1) is 18.7. The van der Waals surface area contributed by atoms with Gasteiger partial charge in [0.15, 0.2) is 0 Å². The van der Waals surface area contributed by atoms with Gasteiger partial charge in [-0.05, 0) is 63.4 Å². The smallest absolute Gasteiger partial charge is 0.302 e. The molecule has 0 N–H and O–H groups in total. The summed E-state index contributed by atoms with van der Waals surface area (Å²) < 4.78 is 66.7. The summed E-state index contributed by atoms with van der Waals surface area (Å²) in [4.78, 5) is 1.98. The molecular weight excluding hydrogens is 353 g/mol. The number of aryl methyl sites for hydroxylation is 1. The van der Waals surface area contributed by atoms with Gasteiger partial charge < -0.3 is 4.90 Å². The summed E-state index contributed by atoms with van der Waals surface area (Å²) >= 11 is 0. The lowest BCUT2D eigenvalue weighted by atomic mass is 10.1. The molecule has 0 amide bonds. The van der Waals surface area contributed by atoms with Gasteiger partial charge in [-0.2, -0.15) is 17.5 Å². The Morgan fingerprint density at radius 2 is 1.80 bits per heavy atom. The van der Waals surface area contributed by atoms with Crippen molar-refractivity contribution in [2.75, 3.05) is 26.2 Å². The predicted octanol–water partition coefficient (Wildman–Crippen LogP) is 3.26. The van der Waals surface area contributed by atoms with Crippen molar-refractivity contribution in [3.63, 3.8) is 0 Å². The van der Waals surface area contributed by atoms with E-state index in [0.717, 1.165) is 44.8 Å². The molecule has 0 bridgehead atoms. The number of nitrogens with zero attached hydrogens (tertiary/aromatic N) is 2. The highest BCUT2D eigenvalue weighted by Gasteiger charge is 2.38. The Bertz CT molecular complexity index is 728. The number of rotatable bonds is 4. The summed E-state index contributed by atoms with van der Waals surface area (Å²) in [5.74, 6) is 0. The highest BCUT2D eigenvalue weighted by molar-refractivity contribution is 7.89. The molecule has 0 spiro atoms. The number of likely N-dealkylation sites (tertiary alicyclic amines) is 1. The van der Waals surface area contributed by atoms with Crippen molar-refractivity contribution in [3.8, 4) is 0 Å². The lowest BCUT2D eigenvalue weighted by Crippen LogP contribution is -2.42. The fourth-order valence-corrected chi connectivity index (χ4v) is 5.49. The Morgan fingerprint density at radius 1 is 1.12 bits per heavy atom. The Kier molecular flexibility index (Phi) is 5.14. The zero-order valence-electron chi connectivity index (χ0n) is 14.2. The monoisotopic (exact) mass is 376 g/mol. The minimum Gasteiger partial charge on any atom is -0.302 e. The molecule has 1 atom stereocenters. The molecule has 0 aliphatic carbocycles. The van der Waals surface area contributed by atoms with E-state index in [4.69, 9.17) is 0 Å². The Hall–Kier alpha value is -1.12. The molecule has 1 unspecified atom stereocenters. The zero-order chi connectivity index (χ0) is 18.2. The first-order valence-electron chi connectivity index (χ1n) is 8.61. The van der Waals surface area contributed by atoms with Crippen LogP contribution in [-0.2, 0) is 16.2 Å². The summed E-state index contributed by atoms with van der Waals surface area (Å²) in [5.41, 5.74) is -0.856. The third-order valence-electron chi connectivity index (χ3n) is 5.11. The fourth-order valence-electron chi connectivity index (χ4n) is 3.77. The van der Waals surface area contributed by atoms with E-state index in [2.05, 4.69) is 4.90 Å². The molecule has 1 aromatic rings. The predicted molar refractivity (Wildman–Crippen MR) is 88.8 cm³/mol. The lowest BCUT2D eigenvalue weighted by Gasteiger charge is -2.28. The molecule has 0 aromatic heterocycles. The molecule has 2 fully saturated rings. The van der Waals surface area contributed by atoms with Gasteiger partial charge in [-0.1, -0.05) is 6.07 Å². The van der Waals surface area contributed by atoms with Crippen molar-refractivity contribution < 1.29 is 21.6 Å². The van der Waals surface area contributed by atoms with E-state index in [-0.39, 0.29) is 16.5 Å². The highest BCUT2D eigenvalue weighted by atomic mass is 32.2. The third-order valence-corrected chi connectivity index (χ3v) is 7.06. The lowest BCUT2D eigenvalue weighted by molar-refractivity contribution is -0.138. The summed E-state index contributed by atoms with van der Waals surface area (Å²) in [6, 6.07) is 3.14. The second kappa shape index (κ2) is 6.89. The van der Waals surface area contributed by atoms with E-state index >= 15 is 0 Å². The molecule has 2 heterocycles. The molecule has 2 aliphatic rings. The van der Waals surface area contributed by atoms with Gasteiger partial charge in [0.05, 0.1) is 10.5 Å². The number of sulfonamides is 1. The van der Waals surface area contributed by atoms with Gasteiger partial charge >= 0.3 is 6.18 Å². The van der Waals surface area contributed by atoms with Crippen LogP contribution >= 0.6 is 0 Å². The van der Waals surface area contributed by atoms with Crippen molar-refractivity contribution in [1.29, 1.82) is 0 Å². The maximum atomic E-state index is 13.1. The van der Waals surface area contributed by atoms with Gasteiger partial charge in [-0.15, -0.1) is 0 Å². The van der Waals surface area contributed by atoms with Crippen molar-refractivity contribution in [3.05, 3.63) is 29.3 Å². The number of benzene rings is 1. The van der Waals surface area contributed by atoms with Gasteiger partial charge in [0.25, 0.3) is 0 Å². The van der Waals surface area contributed by atoms with Crippen LogP contribution in [0.2, 0.25) is 0 Å². The molecule has 25 heavy (non-hydrogen) atoms. The van der Waals surface area contributed by atoms with E-state index in [1.807, 2.05) is 0 Å². The van der Waals surface area contributed by atoms with Crippen molar-refractivity contribution in [2.24, 2.45) is 0 Å². The maximum absolute atomic E-state index is 13.1. The number of alkyl halides is 3. The first-order valence-corrected chi connectivity index (χ1v) is 10.1. The molecule has 140 valence electrons. The van der Waals surface area contributed by atoms with Crippen LogP contribution in [0.25, 0.3) is 0 Å². The first-order chi connectivity index (χ1) is 11.7. The van der Waals surface area contributed by atoms with Crippen LogP contribution in [0.1, 0.15) is 36.8 Å². The largest absolute Gasteiger partial charge is 0.416 e. The fraction of sp³-hybridized carbons (Fsp3) is 0.647. The van der Waals surface area contributed by atoms with Crippen LogP contribution in [0, 0.1) is 6.92 Å². The van der Waals surface area contributed by atoms with Crippen LogP contribution in [0.15, 0.2) is 23.1 Å². The van der Waals surface area contributed by atoms with Crippen molar-refractivity contribution in [1.82, 2.24) is 9.21 Å². The summed E-state index contributed by atoms with van der Waals surface area (Å²) in [7, 11) is -3.92. The topological polar surface area (TPSA) is 40.6 Å². The molecule has 0 radical (unpaired) electrons. The summed E-state index contributed by atoms with van der Waals surface area (Å²) in [6.07, 6.45) is -0.822. The maximum Gasteiger partial charge on any atom is 0.416 e. The van der Waals surface area contributed by atoms with E-state index in [0.29, 0.717) is 13.1 Å². The number of hydrogen-bond donors (Lipinski definition) is 0. The molecule has 8 heteroatoms. The third kappa shape index (κ3) is 3.85. The number of halogens is 3. The Labute approximate surface area is 146 Å². The molecule has 4 nitrogen and oxygen atoms in total. The van der Waals surface area contributed by atoms with Crippen molar-refractivity contribution >= 4 is 10.0 Å². The number of hydrogen-bond acceptors (Lipinski definition) is 3. The van der Waals surface area contributed by atoms with Crippen LogP contribution < -0.4 is 0 Å². The second-order valence-electron chi connectivity index (χ2n) is 6.89. The zero-order valence-corrected chi connectivity index (χ0v) is 15.0. The quantitative estimate of drug-likeness (QED) is 0.810. The average Bonchev–Trinajstić information content (AvgIpc) is 3.18. The van der Waals surface area contributed by atoms with E-state index in [1.165, 1.54) is 23.4 Å². The highest BCUT2D eigenvalue weighted by Crippen LogP contribution is 2.35. The van der Waals surface area contributed by atoms with Crippen LogP contribution in [0.3, 0.4) is 0 Å². The average molecular weight is 376 g/mol. The standard InChI is InChI=1S/C17H23F3N2O2S/c1-13-6-7-15(11-16(13)17(18,19)20)25(23,24)22-10-4-5-14(22)12-21-8-2-3-9-21/h6-7,11,14H,2-5,8-10,12H2,1H3. The molecule has 2 aliphatic heterocycles. The molecule has 0 saturated carbocycles. The summed E-state index contributed by atoms with van der Waals surface area (Å²) in [6.45, 7) is 4.30. The molecular formula is C17H23F3N2O2S. The van der Waals surface area contributed by atoms with Crippen LogP contribution in [-0.4, -0.2) is 49.8 Å². The Morgan fingerprint density at radius 3 is 2.44 bits per heavy atom. The normalized spacial score (nSPS) is 23.4. The van der Waals surface area contributed by atoms with Crippen molar-refractivity contribution in [2.45, 2.75) is 49.7 Å². The van der Waals surface area contributed by atoms with Crippen LogP contribution in [0.4, 0.5) is 13.2 Å². The Balaban J connectivity index is 1.87. The van der Waals surface area contributed by atoms with E-state index < -0.39 is 21.8 Å². The van der Waals surface area contributed by atoms with Gasteiger partial charge in [0.1, 0.15) is 0 Å². The van der Waals surface area contributed by atoms with Gasteiger partial charge in [0, 0.05) is 19.1 Å². The molecule has 2 saturated heterocycles. The minimum atomic E-state index is -4.56. The van der Waals surface area contributed by atoms with Crippen LogP contribution in [0.5, 0.6) is 0 Å². The van der Waals surface area contributed by atoms with E-state index in [1.54, 1.807) is 0 Å². The van der Waals surface area contributed by atoms with Gasteiger partial charge in [-0.3, -0.25) is 0 Å². The van der Waals surface area contributed by atoms with Gasteiger partial charge in [-0.25, -0.2) is 8.42 Å². The van der Waals surface area contributed by atoms with Gasteiger partial charge in [0.2, 0.25) is 10.0 Å². The van der Waals surface area contributed by atoms with E-state index in [9.17, 15) is 21.6 Å². The summed E-state index contributed by atoms with van der Waals surface area (Å²) in [5, 5.41) is 0. The SMILES string of the molecule is Cc1ccc(S(=O)(=O)N2CCCC2CN2CCCC2)cc1C(F)(F)F. The molecule has 3 rings (SSSR count). The second-order valence-corrected chi connectivity index (χ2v) is 8.78. The minimum absolute atomic E-state index is 0.0292. The molecule has 1 aromatic carbocycles.